The molecule has 0 heterocycles. The van der Waals surface area contributed by atoms with Crippen LogP contribution in [0.15, 0.2) is 71.6 Å². The zero-order chi connectivity index (χ0) is 31.7. The van der Waals surface area contributed by atoms with E-state index in [-0.39, 0.29) is 47.7 Å². The smallest absolute Gasteiger partial charge is 0.264 e. The normalized spacial score (nSPS) is 12.1. The summed E-state index contributed by atoms with van der Waals surface area (Å²) < 4.78 is 34.9. The molecule has 0 radical (unpaired) electrons. The van der Waals surface area contributed by atoms with E-state index in [1.807, 2.05) is 13.8 Å². The number of anilines is 1. The van der Waals surface area contributed by atoms with Gasteiger partial charge < -0.3 is 15.0 Å². The van der Waals surface area contributed by atoms with Crippen molar-refractivity contribution in [2.75, 3.05) is 24.0 Å². The highest BCUT2D eigenvalue weighted by Crippen LogP contribution is 2.33. The van der Waals surface area contributed by atoms with Crippen molar-refractivity contribution in [1.29, 1.82) is 0 Å². The molecule has 0 saturated heterocycles. The number of hydrogen-bond acceptors (Lipinski definition) is 5. The Morgan fingerprint density at radius 3 is 2.21 bits per heavy atom. The van der Waals surface area contributed by atoms with Gasteiger partial charge in [-0.2, -0.15) is 0 Å². The SMILES string of the molecule is CCOc1ccccc1N(CC(=O)N(Cc1ccc(Cl)c(Cl)c1)[C@@H](CC)C(=O)NCC(C)C)S(=O)(=O)c1ccc(Cl)cc1. The summed E-state index contributed by atoms with van der Waals surface area (Å²) in [6.45, 7) is 7.59. The number of sulfonamides is 1. The number of carbonyl (C=O) groups is 2. The monoisotopic (exact) mass is 667 g/mol. The van der Waals surface area contributed by atoms with Crippen molar-refractivity contribution in [2.24, 2.45) is 5.92 Å². The van der Waals surface area contributed by atoms with Gasteiger partial charge in [-0.3, -0.25) is 13.9 Å². The number of ether oxygens (including phenoxy) is 1. The number of halogens is 3. The van der Waals surface area contributed by atoms with E-state index in [1.54, 1.807) is 56.3 Å². The zero-order valence-corrected chi connectivity index (χ0v) is 27.6. The molecular formula is C31H36Cl3N3O5S. The lowest BCUT2D eigenvalue weighted by Gasteiger charge is -2.33. The van der Waals surface area contributed by atoms with Gasteiger partial charge in [0.25, 0.3) is 10.0 Å². The largest absolute Gasteiger partial charge is 0.492 e. The molecule has 0 bridgehead atoms. The van der Waals surface area contributed by atoms with E-state index < -0.39 is 28.5 Å². The molecule has 232 valence electrons. The van der Waals surface area contributed by atoms with E-state index in [9.17, 15) is 18.0 Å². The van der Waals surface area contributed by atoms with Gasteiger partial charge >= 0.3 is 0 Å². The highest BCUT2D eigenvalue weighted by atomic mass is 35.5. The second-order valence-electron chi connectivity index (χ2n) is 10.2. The molecule has 0 fully saturated rings. The molecule has 0 aromatic heterocycles. The Bertz CT molecular complexity index is 1520. The molecular weight excluding hydrogens is 633 g/mol. The summed E-state index contributed by atoms with van der Waals surface area (Å²) in [5, 5.41) is 3.90. The first-order valence-corrected chi connectivity index (χ1v) is 16.5. The first-order valence-electron chi connectivity index (χ1n) is 13.9. The Balaban J connectivity index is 2.11. The summed E-state index contributed by atoms with van der Waals surface area (Å²) in [5.74, 6) is -0.461. The second-order valence-corrected chi connectivity index (χ2v) is 13.3. The Labute approximate surface area is 268 Å². The van der Waals surface area contributed by atoms with Crippen LogP contribution < -0.4 is 14.4 Å². The molecule has 3 aromatic carbocycles. The highest BCUT2D eigenvalue weighted by molar-refractivity contribution is 7.92. The topological polar surface area (TPSA) is 96.0 Å². The third-order valence-corrected chi connectivity index (χ3v) is 9.29. The number of amides is 2. The van der Waals surface area contributed by atoms with Gasteiger partial charge in [-0.1, -0.05) is 73.8 Å². The molecule has 1 atom stereocenters. The molecule has 1 N–H and O–H groups in total. The van der Waals surface area contributed by atoms with Crippen LogP contribution in [0.3, 0.4) is 0 Å². The van der Waals surface area contributed by atoms with Crippen molar-refractivity contribution in [3.8, 4) is 5.75 Å². The number of benzene rings is 3. The van der Waals surface area contributed by atoms with Crippen LogP contribution in [0.25, 0.3) is 0 Å². The van der Waals surface area contributed by atoms with Crippen LogP contribution in [0.1, 0.15) is 39.7 Å². The van der Waals surface area contributed by atoms with Crippen LogP contribution >= 0.6 is 34.8 Å². The number of para-hydroxylation sites is 2. The minimum absolute atomic E-state index is 0.00866. The third kappa shape index (κ3) is 9.01. The number of nitrogens with one attached hydrogen (secondary N) is 1. The van der Waals surface area contributed by atoms with Gasteiger partial charge in [-0.15, -0.1) is 0 Å². The minimum Gasteiger partial charge on any atom is -0.492 e. The molecule has 2 amide bonds. The van der Waals surface area contributed by atoms with Crippen LogP contribution in [0.5, 0.6) is 5.75 Å². The van der Waals surface area contributed by atoms with Crippen molar-refractivity contribution >= 4 is 62.3 Å². The van der Waals surface area contributed by atoms with Gasteiger partial charge in [0, 0.05) is 18.1 Å². The van der Waals surface area contributed by atoms with Crippen molar-refractivity contribution < 1.29 is 22.7 Å². The fourth-order valence-corrected chi connectivity index (χ4v) is 6.24. The Morgan fingerprint density at radius 1 is 0.930 bits per heavy atom. The average molecular weight is 669 g/mol. The van der Waals surface area contributed by atoms with Crippen molar-refractivity contribution in [2.45, 2.75) is 51.6 Å². The molecule has 0 aliphatic rings. The van der Waals surface area contributed by atoms with Crippen LogP contribution in [0.4, 0.5) is 5.69 Å². The van der Waals surface area contributed by atoms with Gasteiger partial charge in [0.1, 0.15) is 18.3 Å². The van der Waals surface area contributed by atoms with Crippen molar-refractivity contribution in [3.05, 3.63) is 87.4 Å². The number of rotatable bonds is 14. The molecule has 0 spiro atoms. The predicted octanol–water partition coefficient (Wildman–Crippen LogP) is 6.82. The molecule has 12 heteroatoms. The lowest BCUT2D eigenvalue weighted by molar-refractivity contribution is -0.140. The summed E-state index contributed by atoms with van der Waals surface area (Å²) in [4.78, 5) is 28.9. The van der Waals surface area contributed by atoms with E-state index in [4.69, 9.17) is 39.5 Å². The molecule has 3 rings (SSSR count). The Kier molecular flexibility index (Phi) is 12.6. The van der Waals surface area contributed by atoms with E-state index in [2.05, 4.69) is 5.32 Å². The number of hydrogen-bond donors (Lipinski definition) is 1. The second kappa shape index (κ2) is 15.7. The maximum Gasteiger partial charge on any atom is 0.264 e. The Hall–Kier alpha value is -2.98. The first kappa shape index (κ1) is 34.5. The van der Waals surface area contributed by atoms with E-state index in [1.165, 1.54) is 29.2 Å². The average Bonchev–Trinajstić information content (AvgIpc) is 2.97. The van der Waals surface area contributed by atoms with E-state index >= 15 is 0 Å². The maximum absolute atomic E-state index is 14.2. The molecule has 3 aromatic rings. The summed E-state index contributed by atoms with van der Waals surface area (Å²) >= 11 is 18.4. The van der Waals surface area contributed by atoms with Gasteiger partial charge in [0.15, 0.2) is 0 Å². The van der Waals surface area contributed by atoms with Gasteiger partial charge in [-0.25, -0.2) is 8.42 Å². The van der Waals surface area contributed by atoms with E-state index in [0.29, 0.717) is 27.2 Å². The lowest BCUT2D eigenvalue weighted by atomic mass is 10.1. The summed E-state index contributed by atoms with van der Waals surface area (Å²) in [7, 11) is -4.29. The summed E-state index contributed by atoms with van der Waals surface area (Å²) in [6.07, 6.45) is 0.288. The number of nitrogens with zero attached hydrogens (tertiary/aromatic N) is 2. The molecule has 0 saturated carbocycles. The van der Waals surface area contributed by atoms with E-state index in [0.717, 1.165) is 4.31 Å². The van der Waals surface area contributed by atoms with Gasteiger partial charge in [-0.05, 0) is 73.4 Å². The molecule has 0 aliphatic heterocycles. The van der Waals surface area contributed by atoms with Gasteiger partial charge in [0.05, 0.1) is 27.2 Å². The summed E-state index contributed by atoms with van der Waals surface area (Å²) in [5.41, 5.74) is 0.805. The van der Waals surface area contributed by atoms with Gasteiger partial charge in [0.2, 0.25) is 11.8 Å². The Morgan fingerprint density at radius 2 is 1.60 bits per heavy atom. The standard InChI is InChI=1S/C31H36Cl3N3O5S/c1-5-27(31(39)35-18-21(3)4)36(19-22-11-16-25(33)26(34)17-22)30(38)20-37(28-9-7-8-10-29(28)42-6-2)43(40,41)24-14-12-23(32)13-15-24/h7-17,21,27H,5-6,18-20H2,1-4H3,(H,35,39)/t27-/m0/s1. The van der Waals surface area contributed by atoms with Crippen LogP contribution in [0, 0.1) is 5.92 Å². The zero-order valence-electron chi connectivity index (χ0n) is 24.5. The fraction of sp³-hybridized carbons (Fsp3) is 0.355. The molecule has 0 unspecified atom stereocenters. The lowest BCUT2D eigenvalue weighted by Crippen LogP contribution is -2.52. The molecule has 0 aliphatic carbocycles. The van der Waals surface area contributed by atoms with Crippen LogP contribution in [-0.4, -0.2) is 50.9 Å². The van der Waals surface area contributed by atoms with Crippen molar-refractivity contribution in [1.82, 2.24) is 10.2 Å². The van der Waals surface area contributed by atoms with Crippen molar-refractivity contribution in [3.63, 3.8) is 0 Å². The summed E-state index contributed by atoms with van der Waals surface area (Å²) in [6, 6.07) is 16.3. The minimum atomic E-state index is -4.29. The predicted molar refractivity (Wildman–Crippen MR) is 173 cm³/mol. The first-order chi connectivity index (χ1) is 20.4. The highest BCUT2D eigenvalue weighted by Gasteiger charge is 2.34. The quantitative estimate of drug-likeness (QED) is 0.203. The maximum atomic E-state index is 14.2. The number of carbonyl (C=O) groups excluding carboxylic acids is 2. The third-order valence-electron chi connectivity index (χ3n) is 6.52. The fourth-order valence-electron chi connectivity index (χ4n) is 4.36. The molecule has 43 heavy (non-hydrogen) atoms. The molecule has 8 nitrogen and oxygen atoms in total. The van der Waals surface area contributed by atoms with Crippen LogP contribution in [-0.2, 0) is 26.2 Å². The van der Waals surface area contributed by atoms with Crippen LogP contribution in [0.2, 0.25) is 15.1 Å².